The van der Waals surface area contributed by atoms with Crippen molar-refractivity contribution in [1.82, 2.24) is 9.80 Å². The second-order valence-corrected chi connectivity index (χ2v) is 6.54. The zero-order valence-corrected chi connectivity index (χ0v) is 13.9. The van der Waals surface area contributed by atoms with Crippen molar-refractivity contribution < 1.29 is 14.3 Å². The van der Waals surface area contributed by atoms with Crippen LogP contribution in [0.5, 0.6) is 0 Å². The molecule has 23 heavy (non-hydrogen) atoms. The quantitative estimate of drug-likeness (QED) is 0.581. The fourth-order valence-electron chi connectivity index (χ4n) is 3.30. The van der Waals surface area contributed by atoms with Crippen LogP contribution in [-0.4, -0.2) is 54.5 Å². The fourth-order valence-corrected chi connectivity index (χ4v) is 3.61. The van der Waals surface area contributed by atoms with Gasteiger partial charge in [-0.1, -0.05) is 30.4 Å². The van der Waals surface area contributed by atoms with E-state index in [0.29, 0.717) is 37.9 Å². The summed E-state index contributed by atoms with van der Waals surface area (Å²) in [5.41, 5.74) is 0.303. The summed E-state index contributed by atoms with van der Waals surface area (Å²) >= 11 is 6.10. The molecule has 6 heteroatoms. The van der Waals surface area contributed by atoms with E-state index in [9.17, 15) is 9.59 Å². The van der Waals surface area contributed by atoms with Gasteiger partial charge < -0.3 is 9.64 Å². The SMILES string of the molecule is O=C1C(Cl)=C(N2CCOCC2)C(=O)N1CC#CCC1CCCC1. The second kappa shape index (κ2) is 7.37. The monoisotopic (exact) mass is 336 g/mol. The van der Waals surface area contributed by atoms with Crippen LogP contribution in [-0.2, 0) is 14.3 Å². The maximum absolute atomic E-state index is 12.5. The van der Waals surface area contributed by atoms with Crippen LogP contribution in [0.3, 0.4) is 0 Å². The zero-order valence-electron chi connectivity index (χ0n) is 13.1. The molecule has 5 nitrogen and oxygen atoms in total. The molecule has 2 fully saturated rings. The lowest BCUT2D eigenvalue weighted by molar-refractivity contribution is -0.137. The number of hydrogen-bond acceptors (Lipinski definition) is 4. The number of carbonyl (C=O) groups excluding carboxylic acids is 2. The maximum Gasteiger partial charge on any atom is 0.279 e. The second-order valence-electron chi connectivity index (χ2n) is 6.17. The Bertz CT molecular complexity index is 578. The van der Waals surface area contributed by atoms with Crippen LogP contribution in [0.15, 0.2) is 10.7 Å². The Balaban J connectivity index is 1.60. The molecule has 0 spiro atoms. The molecule has 3 rings (SSSR count). The number of nitrogens with zero attached hydrogens (tertiary/aromatic N) is 2. The number of rotatable bonds is 3. The van der Waals surface area contributed by atoms with E-state index >= 15 is 0 Å². The van der Waals surface area contributed by atoms with Gasteiger partial charge in [-0.25, -0.2) is 0 Å². The van der Waals surface area contributed by atoms with Gasteiger partial charge in [-0.2, -0.15) is 0 Å². The molecule has 1 saturated heterocycles. The number of amides is 2. The molecule has 0 unspecified atom stereocenters. The van der Waals surface area contributed by atoms with Gasteiger partial charge in [-0.05, 0) is 18.8 Å². The number of hydrogen-bond donors (Lipinski definition) is 0. The maximum atomic E-state index is 12.5. The molecule has 0 atom stereocenters. The molecule has 0 aromatic rings. The predicted octanol–water partition coefficient (Wildman–Crippen LogP) is 1.72. The zero-order chi connectivity index (χ0) is 16.2. The van der Waals surface area contributed by atoms with E-state index in [2.05, 4.69) is 11.8 Å². The highest BCUT2D eigenvalue weighted by Gasteiger charge is 2.40. The molecule has 2 amide bonds. The van der Waals surface area contributed by atoms with Crippen molar-refractivity contribution in [1.29, 1.82) is 0 Å². The molecule has 1 saturated carbocycles. The molecule has 0 aromatic heterocycles. The Hall–Kier alpha value is -1.51. The van der Waals surface area contributed by atoms with Crippen LogP contribution in [0.2, 0.25) is 0 Å². The highest BCUT2D eigenvalue weighted by atomic mass is 35.5. The molecule has 0 radical (unpaired) electrons. The van der Waals surface area contributed by atoms with E-state index < -0.39 is 5.91 Å². The van der Waals surface area contributed by atoms with E-state index in [0.717, 1.165) is 11.3 Å². The van der Waals surface area contributed by atoms with Crippen LogP contribution in [0.1, 0.15) is 32.1 Å². The minimum atomic E-state index is -0.437. The van der Waals surface area contributed by atoms with E-state index in [1.165, 1.54) is 25.7 Å². The first-order chi connectivity index (χ1) is 11.2. The Kier molecular flexibility index (Phi) is 5.24. The van der Waals surface area contributed by atoms with Crippen LogP contribution in [0.25, 0.3) is 0 Å². The van der Waals surface area contributed by atoms with Gasteiger partial charge in [-0.15, -0.1) is 5.92 Å². The molecular weight excluding hydrogens is 316 g/mol. The summed E-state index contributed by atoms with van der Waals surface area (Å²) in [7, 11) is 0. The van der Waals surface area contributed by atoms with Gasteiger partial charge >= 0.3 is 0 Å². The van der Waals surface area contributed by atoms with Gasteiger partial charge in [-0.3, -0.25) is 14.5 Å². The molecule has 2 aliphatic heterocycles. The first kappa shape index (κ1) is 16.4. The third kappa shape index (κ3) is 3.54. The molecule has 3 aliphatic rings. The lowest BCUT2D eigenvalue weighted by Gasteiger charge is -2.29. The minimum Gasteiger partial charge on any atom is -0.378 e. The van der Waals surface area contributed by atoms with Gasteiger partial charge in [0.15, 0.2) is 0 Å². The van der Waals surface area contributed by atoms with Crippen LogP contribution < -0.4 is 0 Å². The average molecular weight is 337 g/mol. The van der Waals surface area contributed by atoms with Crippen molar-refractivity contribution >= 4 is 23.4 Å². The Morgan fingerprint density at radius 1 is 1.09 bits per heavy atom. The van der Waals surface area contributed by atoms with Crippen molar-refractivity contribution in [3.63, 3.8) is 0 Å². The fraction of sp³-hybridized carbons (Fsp3) is 0.647. The largest absolute Gasteiger partial charge is 0.378 e. The molecule has 124 valence electrons. The van der Waals surface area contributed by atoms with E-state index in [1.54, 1.807) is 0 Å². The first-order valence-corrected chi connectivity index (χ1v) is 8.60. The highest BCUT2D eigenvalue weighted by molar-refractivity contribution is 6.47. The first-order valence-electron chi connectivity index (χ1n) is 8.23. The average Bonchev–Trinajstić information content (AvgIpc) is 3.15. The van der Waals surface area contributed by atoms with E-state index in [4.69, 9.17) is 16.3 Å². The summed E-state index contributed by atoms with van der Waals surface area (Å²) < 4.78 is 5.27. The lowest BCUT2D eigenvalue weighted by atomic mass is 10.1. The van der Waals surface area contributed by atoms with Crippen molar-refractivity contribution in [2.24, 2.45) is 5.92 Å². The Labute approximate surface area is 141 Å². The number of morpholine rings is 1. The summed E-state index contributed by atoms with van der Waals surface area (Å²) in [5, 5.41) is 0.00879. The van der Waals surface area contributed by atoms with Crippen molar-refractivity contribution in [2.75, 3.05) is 32.8 Å². The van der Waals surface area contributed by atoms with E-state index in [1.807, 2.05) is 4.90 Å². The third-order valence-electron chi connectivity index (χ3n) is 4.64. The van der Waals surface area contributed by atoms with Crippen LogP contribution in [0, 0.1) is 17.8 Å². The Morgan fingerprint density at radius 2 is 1.78 bits per heavy atom. The summed E-state index contributed by atoms with van der Waals surface area (Å²) in [6.07, 6.45) is 5.92. The van der Waals surface area contributed by atoms with Crippen molar-refractivity contribution in [3.8, 4) is 11.8 Å². The number of halogens is 1. The van der Waals surface area contributed by atoms with Crippen LogP contribution in [0.4, 0.5) is 0 Å². The van der Waals surface area contributed by atoms with Crippen molar-refractivity contribution in [3.05, 3.63) is 10.7 Å². The smallest absolute Gasteiger partial charge is 0.279 e. The summed E-state index contributed by atoms with van der Waals surface area (Å²) in [4.78, 5) is 27.7. The molecule has 0 aromatic carbocycles. The summed E-state index contributed by atoms with van der Waals surface area (Å²) in [6, 6.07) is 0. The number of ether oxygens (including phenoxy) is 1. The minimum absolute atomic E-state index is 0.00879. The molecular formula is C17H21ClN2O3. The topological polar surface area (TPSA) is 49.9 Å². The van der Waals surface area contributed by atoms with E-state index in [-0.39, 0.29) is 17.5 Å². The molecule has 0 bridgehead atoms. The predicted molar refractivity (Wildman–Crippen MR) is 86.3 cm³/mol. The standard InChI is InChI=1S/C17H21ClN2O3/c18-14-15(19-9-11-23-12-10-19)17(22)20(16(14)21)8-4-3-7-13-5-1-2-6-13/h13H,1-2,5-12H2. The van der Waals surface area contributed by atoms with Gasteiger partial charge in [0, 0.05) is 19.5 Å². The summed E-state index contributed by atoms with van der Waals surface area (Å²) in [5.74, 6) is 5.98. The summed E-state index contributed by atoms with van der Waals surface area (Å²) in [6.45, 7) is 2.35. The van der Waals surface area contributed by atoms with Gasteiger partial charge in [0.2, 0.25) is 0 Å². The Morgan fingerprint density at radius 3 is 2.48 bits per heavy atom. The van der Waals surface area contributed by atoms with Crippen LogP contribution >= 0.6 is 11.6 Å². The van der Waals surface area contributed by atoms with Gasteiger partial charge in [0.05, 0.1) is 19.8 Å². The normalized spacial score (nSPS) is 22.8. The number of imide groups is 1. The number of carbonyl (C=O) groups is 2. The lowest BCUT2D eigenvalue weighted by Crippen LogP contribution is -2.40. The molecule has 1 aliphatic carbocycles. The molecule has 2 heterocycles. The highest BCUT2D eigenvalue weighted by Crippen LogP contribution is 2.28. The van der Waals surface area contributed by atoms with Crippen molar-refractivity contribution in [2.45, 2.75) is 32.1 Å². The third-order valence-corrected chi connectivity index (χ3v) is 4.98. The van der Waals surface area contributed by atoms with Gasteiger partial charge in [0.25, 0.3) is 11.8 Å². The molecule has 0 N–H and O–H groups in total. The van der Waals surface area contributed by atoms with Gasteiger partial charge in [0.1, 0.15) is 10.7 Å².